The molecule has 1 unspecified atom stereocenters. The van der Waals surface area contributed by atoms with Crippen LogP contribution < -0.4 is 10.6 Å². The van der Waals surface area contributed by atoms with E-state index in [2.05, 4.69) is 27.4 Å². The Balaban J connectivity index is 1.55. The molecule has 1 atom stereocenters. The number of carbonyl (C=O) groups excluding carboxylic acids is 2. The number of hydrogen-bond acceptors (Lipinski definition) is 6. The minimum absolute atomic E-state index is 0.146. The van der Waals surface area contributed by atoms with Crippen molar-refractivity contribution in [2.24, 2.45) is 0 Å². The first-order chi connectivity index (χ1) is 16.0. The van der Waals surface area contributed by atoms with Gasteiger partial charge in [0.05, 0.1) is 10.8 Å². The fourth-order valence-corrected chi connectivity index (χ4v) is 4.38. The van der Waals surface area contributed by atoms with Crippen LogP contribution in [0.25, 0.3) is 22.1 Å². The minimum atomic E-state index is -0.392. The van der Waals surface area contributed by atoms with Crippen molar-refractivity contribution in [1.29, 1.82) is 0 Å². The Morgan fingerprint density at radius 2 is 1.79 bits per heavy atom. The van der Waals surface area contributed by atoms with E-state index in [1.54, 1.807) is 24.3 Å². The molecule has 8 nitrogen and oxygen atoms in total. The number of amides is 2. The van der Waals surface area contributed by atoms with Gasteiger partial charge in [-0.2, -0.15) is 0 Å². The zero-order valence-corrected chi connectivity index (χ0v) is 19.2. The van der Waals surface area contributed by atoms with Crippen LogP contribution in [0.3, 0.4) is 0 Å². The molecule has 2 aromatic heterocycles. The van der Waals surface area contributed by atoms with E-state index in [1.165, 1.54) is 18.7 Å². The second kappa shape index (κ2) is 9.83. The summed E-state index contributed by atoms with van der Waals surface area (Å²) in [5, 5.41) is 15.4. The number of allylic oxidation sites excluding steroid dienone is 1. The van der Waals surface area contributed by atoms with Gasteiger partial charge in [0.2, 0.25) is 17.0 Å². The molecule has 4 aromatic rings. The van der Waals surface area contributed by atoms with Crippen molar-refractivity contribution >= 4 is 57.0 Å². The lowest BCUT2D eigenvalue weighted by atomic mass is 10.2. The van der Waals surface area contributed by atoms with Gasteiger partial charge in [0.15, 0.2) is 5.65 Å². The summed E-state index contributed by atoms with van der Waals surface area (Å²) in [6.07, 6.45) is 2.41. The average molecular weight is 461 g/mol. The molecular weight excluding hydrogens is 436 g/mol. The number of hydrogen-bond donors (Lipinski definition) is 2. The van der Waals surface area contributed by atoms with Gasteiger partial charge in [0, 0.05) is 30.2 Å². The van der Waals surface area contributed by atoms with Crippen LogP contribution in [0.1, 0.15) is 20.3 Å². The van der Waals surface area contributed by atoms with Gasteiger partial charge in [0.1, 0.15) is 5.52 Å². The number of nitrogens with zero attached hydrogens (tertiary/aromatic N) is 4. The molecule has 33 heavy (non-hydrogen) atoms. The molecule has 0 spiro atoms. The number of benzene rings is 2. The molecule has 2 heterocycles. The van der Waals surface area contributed by atoms with E-state index in [0.717, 1.165) is 22.1 Å². The lowest BCUT2D eigenvalue weighted by Crippen LogP contribution is -2.25. The van der Waals surface area contributed by atoms with Crippen LogP contribution in [-0.2, 0) is 16.1 Å². The highest BCUT2D eigenvalue weighted by atomic mass is 32.2. The van der Waals surface area contributed by atoms with Gasteiger partial charge in [-0.05, 0) is 36.8 Å². The molecule has 0 fully saturated rings. The normalized spacial score (nSPS) is 11.9. The third kappa shape index (κ3) is 4.88. The fourth-order valence-electron chi connectivity index (χ4n) is 3.57. The molecule has 168 valence electrons. The SMILES string of the molecule is C=CCn1c2ccccc2c2nnc(SC(CC)C(=O)Nc3ccc(NC(C)=O)cc3)nc21. The summed E-state index contributed by atoms with van der Waals surface area (Å²) in [5.41, 5.74) is 3.79. The second-order valence-electron chi connectivity index (χ2n) is 7.45. The maximum Gasteiger partial charge on any atom is 0.237 e. The summed E-state index contributed by atoms with van der Waals surface area (Å²) in [4.78, 5) is 28.8. The number of rotatable bonds is 8. The van der Waals surface area contributed by atoms with Gasteiger partial charge < -0.3 is 15.2 Å². The van der Waals surface area contributed by atoms with Gasteiger partial charge >= 0.3 is 0 Å². The van der Waals surface area contributed by atoms with Crippen molar-refractivity contribution < 1.29 is 9.59 Å². The largest absolute Gasteiger partial charge is 0.326 e. The molecule has 0 radical (unpaired) electrons. The Kier molecular flexibility index (Phi) is 6.69. The summed E-state index contributed by atoms with van der Waals surface area (Å²) in [7, 11) is 0. The van der Waals surface area contributed by atoms with Crippen molar-refractivity contribution in [2.75, 3.05) is 10.6 Å². The molecule has 0 saturated heterocycles. The summed E-state index contributed by atoms with van der Waals surface area (Å²) in [6.45, 7) is 7.84. The monoisotopic (exact) mass is 460 g/mol. The van der Waals surface area contributed by atoms with Gasteiger partial charge in [-0.25, -0.2) is 4.98 Å². The summed E-state index contributed by atoms with van der Waals surface area (Å²) in [5.74, 6) is -0.294. The summed E-state index contributed by atoms with van der Waals surface area (Å²) >= 11 is 1.29. The standard InChI is InChI=1S/C24H24N6O2S/c1-4-14-30-19-9-7-6-8-18(19)21-22(30)27-24(29-28-21)33-20(5-2)23(32)26-17-12-10-16(11-13-17)25-15(3)31/h4,6-13,20H,1,5,14H2,2-3H3,(H,25,31)(H,26,32). The molecule has 0 bridgehead atoms. The van der Waals surface area contributed by atoms with E-state index in [-0.39, 0.29) is 11.8 Å². The Morgan fingerprint density at radius 3 is 2.45 bits per heavy atom. The Bertz CT molecular complexity index is 1330. The van der Waals surface area contributed by atoms with Crippen LogP contribution >= 0.6 is 11.8 Å². The smallest absolute Gasteiger partial charge is 0.237 e. The number of para-hydroxylation sites is 1. The first kappa shape index (κ1) is 22.5. The van der Waals surface area contributed by atoms with Crippen LogP contribution in [0, 0.1) is 0 Å². The number of carbonyl (C=O) groups is 2. The third-order valence-electron chi connectivity index (χ3n) is 5.05. The van der Waals surface area contributed by atoms with Crippen LogP contribution in [0.2, 0.25) is 0 Å². The average Bonchev–Trinajstić information content (AvgIpc) is 3.12. The molecule has 9 heteroatoms. The molecule has 2 N–H and O–H groups in total. The lowest BCUT2D eigenvalue weighted by molar-refractivity contribution is -0.116. The summed E-state index contributed by atoms with van der Waals surface area (Å²) in [6, 6.07) is 14.9. The fraction of sp³-hybridized carbons (Fsp3) is 0.208. The van der Waals surface area contributed by atoms with Crippen molar-refractivity contribution in [3.63, 3.8) is 0 Å². The topological polar surface area (TPSA) is 102 Å². The van der Waals surface area contributed by atoms with Crippen molar-refractivity contribution in [3.05, 3.63) is 61.2 Å². The lowest BCUT2D eigenvalue weighted by Gasteiger charge is -2.14. The van der Waals surface area contributed by atoms with Crippen LogP contribution in [0.4, 0.5) is 11.4 Å². The quantitative estimate of drug-likeness (QED) is 0.294. The Labute approximate surface area is 195 Å². The van der Waals surface area contributed by atoms with E-state index in [4.69, 9.17) is 4.98 Å². The highest BCUT2D eigenvalue weighted by Gasteiger charge is 2.21. The molecule has 0 saturated carbocycles. The van der Waals surface area contributed by atoms with E-state index < -0.39 is 5.25 Å². The van der Waals surface area contributed by atoms with E-state index in [9.17, 15) is 9.59 Å². The Morgan fingerprint density at radius 1 is 1.09 bits per heavy atom. The number of fused-ring (bicyclic) bond motifs is 3. The van der Waals surface area contributed by atoms with Gasteiger partial charge in [-0.1, -0.05) is 43.0 Å². The molecule has 4 rings (SSSR count). The zero-order valence-electron chi connectivity index (χ0n) is 18.4. The van der Waals surface area contributed by atoms with E-state index in [1.807, 2.05) is 41.8 Å². The van der Waals surface area contributed by atoms with Gasteiger partial charge in [-0.3, -0.25) is 9.59 Å². The first-order valence-electron chi connectivity index (χ1n) is 10.6. The third-order valence-corrected chi connectivity index (χ3v) is 6.27. The molecule has 0 aliphatic heterocycles. The summed E-state index contributed by atoms with van der Waals surface area (Å²) < 4.78 is 2.05. The van der Waals surface area contributed by atoms with Crippen molar-refractivity contribution in [1.82, 2.24) is 19.7 Å². The second-order valence-corrected chi connectivity index (χ2v) is 8.62. The molecule has 2 amide bonds. The minimum Gasteiger partial charge on any atom is -0.326 e. The Hall–Kier alpha value is -3.72. The first-order valence-corrected chi connectivity index (χ1v) is 11.5. The number of anilines is 2. The molecule has 0 aliphatic carbocycles. The number of nitrogens with one attached hydrogen (secondary N) is 2. The maximum atomic E-state index is 12.9. The predicted molar refractivity (Wildman–Crippen MR) is 132 cm³/mol. The van der Waals surface area contributed by atoms with E-state index in [0.29, 0.717) is 29.5 Å². The highest BCUT2D eigenvalue weighted by molar-refractivity contribution is 8.00. The van der Waals surface area contributed by atoms with Gasteiger partial charge in [-0.15, -0.1) is 16.8 Å². The molecule has 2 aromatic carbocycles. The number of aromatic nitrogens is 4. The predicted octanol–water partition coefficient (Wildman–Crippen LogP) is 4.63. The maximum absolute atomic E-state index is 12.9. The van der Waals surface area contributed by atoms with Gasteiger partial charge in [0.25, 0.3) is 0 Å². The van der Waals surface area contributed by atoms with Crippen LogP contribution in [0.5, 0.6) is 0 Å². The molecule has 0 aliphatic rings. The zero-order chi connectivity index (χ0) is 23.4. The van der Waals surface area contributed by atoms with Crippen LogP contribution in [-0.4, -0.2) is 36.8 Å². The van der Waals surface area contributed by atoms with Crippen molar-refractivity contribution in [2.45, 2.75) is 37.2 Å². The van der Waals surface area contributed by atoms with Crippen LogP contribution in [0.15, 0.2) is 66.3 Å². The van der Waals surface area contributed by atoms with Crippen molar-refractivity contribution in [3.8, 4) is 0 Å². The molecular formula is C24H24N6O2S. The van der Waals surface area contributed by atoms with E-state index >= 15 is 0 Å². The highest BCUT2D eigenvalue weighted by Crippen LogP contribution is 2.29. The number of thioether (sulfide) groups is 1.